The number of fused-ring (bicyclic) bond motifs is 1. The molecule has 1 aliphatic rings. The van der Waals surface area contributed by atoms with E-state index in [4.69, 9.17) is 16.3 Å². The summed E-state index contributed by atoms with van der Waals surface area (Å²) >= 11 is 7.42. The Morgan fingerprint density at radius 2 is 2.07 bits per heavy atom. The smallest absolute Gasteiger partial charge is 0.340 e. The number of benzene rings is 1. The fourth-order valence-electron chi connectivity index (χ4n) is 3.53. The maximum absolute atomic E-state index is 12.3. The molecule has 7 heteroatoms. The van der Waals surface area contributed by atoms with Crippen LogP contribution in [0.4, 0.5) is 5.00 Å². The lowest BCUT2D eigenvalue weighted by Crippen LogP contribution is -2.26. The summed E-state index contributed by atoms with van der Waals surface area (Å²) in [6, 6.07) is 8.73. The normalized spacial score (nSPS) is 15.9. The molecular weight excluding hydrogens is 408 g/mol. The Morgan fingerprint density at radius 1 is 1.34 bits per heavy atom. The van der Waals surface area contributed by atoms with Gasteiger partial charge in [-0.1, -0.05) is 44.5 Å². The van der Waals surface area contributed by atoms with Gasteiger partial charge in [0, 0.05) is 4.88 Å². The molecule has 0 fully saturated rings. The standard InChI is InChI=1S/C22H23ClN2O3S/c1-22(2,3)13-8-9-14-16(11-24)20(29-18(14)10-13)25-19(26)12-28-21(27)15-6-4-5-7-17(15)23/h4-7,13H,8-10,12H2,1-3H3,(H,25,26). The first-order valence-corrected chi connectivity index (χ1v) is 10.7. The van der Waals surface area contributed by atoms with Gasteiger partial charge in [-0.3, -0.25) is 4.79 Å². The predicted molar refractivity (Wildman–Crippen MR) is 114 cm³/mol. The third-order valence-electron chi connectivity index (χ3n) is 5.28. The van der Waals surface area contributed by atoms with Gasteiger partial charge in [-0.15, -0.1) is 11.3 Å². The number of thiophene rings is 1. The summed E-state index contributed by atoms with van der Waals surface area (Å²) in [4.78, 5) is 25.6. The van der Waals surface area contributed by atoms with Crippen LogP contribution in [-0.4, -0.2) is 18.5 Å². The maximum atomic E-state index is 12.3. The van der Waals surface area contributed by atoms with Crippen LogP contribution in [0, 0.1) is 22.7 Å². The molecule has 1 heterocycles. The number of anilines is 1. The van der Waals surface area contributed by atoms with Crippen LogP contribution < -0.4 is 5.32 Å². The summed E-state index contributed by atoms with van der Waals surface area (Å²) in [6.45, 7) is 6.26. The molecule has 5 nitrogen and oxygen atoms in total. The van der Waals surface area contributed by atoms with E-state index in [1.54, 1.807) is 18.2 Å². The molecule has 1 N–H and O–H groups in total. The summed E-state index contributed by atoms with van der Waals surface area (Å²) in [5.41, 5.74) is 1.98. The molecule has 29 heavy (non-hydrogen) atoms. The second-order valence-electron chi connectivity index (χ2n) is 8.23. The van der Waals surface area contributed by atoms with E-state index in [1.165, 1.54) is 17.4 Å². The minimum absolute atomic E-state index is 0.199. The zero-order valence-corrected chi connectivity index (χ0v) is 18.2. The van der Waals surface area contributed by atoms with Gasteiger partial charge in [0.15, 0.2) is 6.61 Å². The van der Waals surface area contributed by atoms with Gasteiger partial charge in [0.05, 0.1) is 16.1 Å². The summed E-state index contributed by atoms with van der Waals surface area (Å²) in [7, 11) is 0. The molecule has 1 aromatic heterocycles. The van der Waals surface area contributed by atoms with E-state index in [-0.39, 0.29) is 16.0 Å². The highest BCUT2D eigenvalue weighted by Gasteiger charge is 2.32. The lowest BCUT2D eigenvalue weighted by molar-refractivity contribution is -0.119. The van der Waals surface area contributed by atoms with Crippen molar-refractivity contribution < 1.29 is 14.3 Å². The number of carbonyl (C=O) groups excluding carboxylic acids is 2. The van der Waals surface area contributed by atoms with Crippen molar-refractivity contribution in [2.24, 2.45) is 11.3 Å². The number of nitriles is 1. The molecule has 1 unspecified atom stereocenters. The van der Waals surface area contributed by atoms with E-state index in [9.17, 15) is 14.9 Å². The molecule has 152 valence electrons. The van der Waals surface area contributed by atoms with E-state index in [0.29, 0.717) is 16.5 Å². The Balaban J connectivity index is 1.67. The molecule has 1 atom stereocenters. The van der Waals surface area contributed by atoms with E-state index in [1.807, 2.05) is 0 Å². The number of rotatable bonds is 4. The Hall–Kier alpha value is -2.36. The van der Waals surface area contributed by atoms with Crippen LogP contribution in [0.2, 0.25) is 5.02 Å². The molecular formula is C22H23ClN2O3S. The van der Waals surface area contributed by atoms with Crippen LogP contribution in [0.5, 0.6) is 0 Å². The molecule has 1 aromatic carbocycles. The van der Waals surface area contributed by atoms with Crippen LogP contribution in [0.15, 0.2) is 24.3 Å². The molecule has 0 saturated heterocycles. The first-order valence-electron chi connectivity index (χ1n) is 9.47. The van der Waals surface area contributed by atoms with E-state index in [0.717, 1.165) is 29.7 Å². The average molecular weight is 431 g/mol. The molecule has 0 aliphatic heterocycles. The fraction of sp³-hybridized carbons (Fsp3) is 0.409. The Morgan fingerprint density at radius 3 is 2.72 bits per heavy atom. The van der Waals surface area contributed by atoms with Crippen LogP contribution in [-0.2, 0) is 22.4 Å². The van der Waals surface area contributed by atoms with Gasteiger partial charge in [0.25, 0.3) is 5.91 Å². The quantitative estimate of drug-likeness (QED) is 0.674. The molecule has 2 aromatic rings. The Labute approximate surface area is 179 Å². The van der Waals surface area contributed by atoms with Crippen molar-refractivity contribution in [1.29, 1.82) is 5.26 Å². The minimum Gasteiger partial charge on any atom is -0.452 e. The number of hydrogen-bond acceptors (Lipinski definition) is 5. The lowest BCUT2D eigenvalue weighted by atomic mass is 9.72. The van der Waals surface area contributed by atoms with Gasteiger partial charge in [-0.2, -0.15) is 5.26 Å². The third kappa shape index (κ3) is 4.80. The van der Waals surface area contributed by atoms with Crippen molar-refractivity contribution in [3.05, 3.63) is 50.9 Å². The van der Waals surface area contributed by atoms with E-state index < -0.39 is 18.5 Å². The number of esters is 1. The zero-order valence-electron chi connectivity index (χ0n) is 16.7. The highest BCUT2D eigenvalue weighted by molar-refractivity contribution is 7.16. The molecule has 1 aliphatic carbocycles. The third-order valence-corrected chi connectivity index (χ3v) is 6.78. The van der Waals surface area contributed by atoms with Gasteiger partial charge in [-0.25, -0.2) is 4.79 Å². The number of nitrogens with one attached hydrogen (secondary N) is 1. The van der Waals surface area contributed by atoms with Crippen molar-refractivity contribution in [2.45, 2.75) is 40.0 Å². The van der Waals surface area contributed by atoms with E-state index >= 15 is 0 Å². The van der Waals surface area contributed by atoms with Crippen molar-refractivity contribution in [2.75, 3.05) is 11.9 Å². The minimum atomic E-state index is -0.662. The van der Waals surface area contributed by atoms with Crippen LogP contribution in [0.25, 0.3) is 0 Å². The molecule has 0 bridgehead atoms. The van der Waals surface area contributed by atoms with Crippen LogP contribution in [0.3, 0.4) is 0 Å². The van der Waals surface area contributed by atoms with Crippen LogP contribution >= 0.6 is 22.9 Å². The number of ether oxygens (including phenoxy) is 1. The van der Waals surface area contributed by atoms with Gasteiger partial charge in [0.1, 0.15) is 11.1 Å². The molecule has 1 amide bonds. The fourth-order valence-corrected chi connectivity index (χ4v) is 5.04. The van der Waals surface area contributed by atoms with Crippen molar-refractivity contribution in [3.8, 4) is 6.07 Å². The number of amides is 1. The highest BCUT2D eigenvalue weighted by Crippen LogP contribution is 2.43. The van der Waals surface area contributed by atoms with Crippen LogP contribution in [0.1, 0.15) is 53.6 Å². The molecule has 0 radical (unpaired) electrons. The van der Waals surface area contributed by atoms with Gasteiger partial charge in [-0.05, 0) is 48.3 Å². The van der Waals surface area contributed by atoms with Gasteiger partial charge < -0.3 is 10.1 Å². The first-order chi connectivity index (χ1) is 13.7. The average Bonchev–Trinajstić information content (AvgIpc) is 3.01. The van der Waals surface area contributed by atoms with Crippen molar-refractivity contribution in [3.63, 3.8) is 0 Å². The maximum Gasteiger partial charge on any atom is 0.340 e. The Bertz CT molecular complexity index is 985. The first kappa shape index (κ1) is 21.4. The number of halogens is 1. The highest BCUT2D eigenvalue weighted by atomic mass is 35.5. The number of nitrogens with zero attached hydrogens (tertiary/aromatic N) is 1. The SMILES string of the molecule is CC(C)(C)C1CCc2c(sc(NC(=O)COC(=O)c3ccccc3Cl)c2C#N)C1. The molecule has 0 spiro atoms. The van der Waals surface area contributed by atoms with Gasteiger partial charge >= 0.3 is 5.97 Å². The summed E-state index contributed by atoms with van der Waals surface area (Å²) < 4.78 is 5.07. The summed E-state index contributed by atoms with van der Waals surface area (Å²) in [5, 5.41) is 13.1. The second kappa shape index (κ2) is 8.56. The largest absolute Gasteiger partial charge is 0.452 e. The number of carbonyl (C=O) groups is 2. The topological polar surface area (TPSA) is 79.2 Å². The Kier molecular flexibility index (Phi) is 6.30. The lowest BCUT2D eigenvalue weighted by Gasteiger charge is -2.33. The monoisotopic (exact) mass is 430 g/mol. The zero-order chi connectivity index (χ0) is 21.2. The van der Waals surface area contributed by atoms with E-state index in [2.05, 4.69) is 32.2 Å². The predicted octanol–water partition coefficient (Wildman–Crippen LogP) is 5.22. The van der Waals surface area contributed by atoms with Crippen molar-refractivity contribution >= 4 is 39.8 Å². The summed E-state index contributed by atoms with van der Waals surface area (Å²) in [6.07, 6.45) is 2.79. The van der Waals surface area contributed by atoms with Crippen molar-refractivity contribution in [1.82, 2.24) is 0 Å². The number of hydrogen-bond donors (Lipinski definition) is 1. The van der Waals surface area contributed by atoms with Gasteiger partial charge in [0.2, 0.25) is 0 Å². The molecule has 3 rings (SSSR count). The molecule has 0 saturated carbocycles. The second-order valence-corrected chi connectivity index (χ2v) is 9.74. The summed E-state index contributed by atoms with van der Waals surface area (Å²) in [5.74, 6) is -0.599.